The van der Waals surface area contributed by atoms with Crippen LogP contribution in [0.25, 0.3) is 12.2 Å². The average Bonchev–Trinajstić information content (AvgIpc) is 3.68. The SMILES string of the molecule is CN(C)c1ccc(C=Cc2ccc(C(=O)Nc3cc(C(=O)Nc4cc(C(=O)NCCC(N)=NCCc5ccccc5)n(C)c4)n(C)c3)cn2)cc1. The second-order valence-corrected chi connectivity index (χ2v) is 12.3. The van der Waals surface area contributed by atoms with E-state index in [1.807, 2.05) is 85.7 Å². The Morgan fingerprint density at radius 1 is 0.824 bits per heavy atom. The van der Waals surface area contributed by atoms with E-state index in [1.54, 1.807) is 59.9 Å². The van der Waals surface area contributed by atoms with Crippen molar-refractivity contribution in [3.8, 4) is 0 Å². The number of hydrogen-bond acceptors (Lipinski definition) is 6. The van der Waals surface area contributed by atoms with E-state index in [0.717, 1.165) is 17.7 Å². The van der Waals surface area contributed by atoms with Gasteiger partial charge >= 0.3 is 0 Å². The Morgan fingerprint density at radius 3 is 2.10 bits per heavy atom. The molecule has 2 aromatic carbocycles. The van der Waals surface area contributed by atoms with Gasteiger partial charge in [-0.3, -0.25) is 24.4 Å². The lowest BCUT2D eigenvalue weighted by molar-refractivity contribution is 0.0945. The number of aryl methyl sites for hydroxylation is 2. The number of hydrogen-bond donors (Lipinski definition) is 4. The third kappa shape index (κ3) is 10.0. The number of aliphatic imine (C=N–C) groups is 1. The van der Waals surface area contributed by atoms with Crippen LogP contribution < -0.4 is 26.6 Å². The number of amidine groups is 1. The summed E-state index contributed by atoms with van der Waals surface area (Å²) in [7, 11) is 7.43. The molecule has 0 aliphatic carbocycles. The highest BCUT2D eigenvalue weighted by atomic mass is 16.2. The fourth-order valence-electron chi connectivity index (χ4n) is 5.27. The number of benzene rings is 2. The second-order valence-electron chi connectivity index (χ2n) is 12.3. The summed E-state index contributed by atoms with van der Waals surface area (Å²) >= 11 is 0. The zero-order valence-corrected chi connectivity index (χ0v) is 29.3. The highest BCUT2D eigenvalue weighted by Crippen LogP contribution is 2.19. The molecule has 0 aliphatic rings. The number of nitrogens with zero attached hydrogens (tertiary/aromatic N) is 5. The Labute approximate surface area is 297 Å². The number of amides is 3. The summed E-state index contributed by atoms with van der Waals surface area (Å²) < 4.78 is 3.25. The summed E-state index contributed by atoms with van der Waals surface area (Å²) in [5.41, 5.74) is 12.1. The Hall–Kier alpha value is -6.43. The van der Waals surface area contributed by atoms with Crippen molar-refractivity contribution >= 4 is 52.8 Å². The van der Waals surface area contributed by atoms with Gasteiger partial charge in [-0.25, -0.2) is 0 Å². The van der Waals surface area contributed by atoms with Crippen LogP contribution in [0.1, 0.15) is 54.6 Å². The third-order valence-corrected chi connectivity index (χ3v) is 8.12. The van der Waals surface area contributed by atoms with Crippen molar-refractivity contribution in [1.29, 1.82) is 0 Å². The standard InChI is InChI=1S/C39H43N9O3/c1-46(2)33-16-11-28(12-17-33)10-14-30-15-13-29(24-43-30)37(49)44-31-23-35(48(4)25-31)39(51)45-32-22-34(47(3)26-32)38(50)42-21-19-36(40)41-20-18-27-8-6-5-7-9-27/h5-17,22-26H,18-21H2,1-4H3,(H2,40,41)(H,42,50)(H,44,49)(H,45,51). The van der Waals surface area contributed by atoms with Gasteiger partial charge in [-0.2, -0.15) is 0 Å². The Kier molecular flexibility index (Phi) is 11.8. The van der Waals surface area contributed by atoms with Crippen LogP contribution in [0.5, 0.6) is 0 Å². The molecule has 3 amide bonds. The molecule has 262 valence electrons. The zero-order valence-electron chi connectivity index (χ0n) is 29.3. The average molecular weight is 686 g/mol. The molecule has 0 saturated heterocycles. The molecule has 12 heteroatoms. The van der Waals surface area contributed by atoms with Crippen LogP contribution in [-0.2, 0) is 20.5 Å². The van der Waals surface area contributed by atoms with E-state index in [-0.39, 0.29) is 11.8 Å². The molecule has 0 fully saturated rings. The predicted octanol–water partition coefficient (Wildman–Crippen LogP) is 5.22. The number of anilines is 3. The number of aromatic nitrogens is 3. The molecule has 0 aliphatic heterocycles. The first-order valence-corrected chi connectivity index (χ1v) is 16.5. The monoisotopic (exact) mass is 685 g/mol. The van der Waals surface area contributed by atoms with Gasteiger partial charge in [0.25, 0.3) is 17.7 Å². The summed E-state index contributed by atoms with van der Waals surface area (Å²) in [6.07, 6.45) is 9.89. The van der Waals surface area contributed by atoms with E-state index in [4.69, 9.17) is 5.73 Å². The van der Waals surface area contributed by atoms with Gasteiger partial charge < -0.3 is 35.7 Å². The molecular formula is C39H43N9O3. The van der Waals surface area contributed by atoms with Crippen LogP contribution in [0.4, 0.5) is 17.1 Å². The molecule has 0 saturated carbocycles. The third-order valence-electron chi connectivity index (χ3n) is 8.12. The lowest BCUT2D eigenvalue weighted by Gasteiger charge is -2.11. The van der Waals surface area contributed by atoms with Crippen molar-refractivity contribution in [3.63, 3.8) is 0 Å². The van der Waals surface area contributed by atoms with Gasteiger partial charge in [0, 0.05) is 72.0 Å². The van der Waals surface area contributed by atoms with Crippen molar-refractivity contribution < 1.29 is 14.4 Å². The van der Waals surface area contributed by atoms with Gasteiger partial charge in [0.15, 0.2) is 0 Å². The summed E-state index contributed by atoms with van der Waals surface area (Å²) in [6.45, 7) is 0.908. The Bertz CT molecular complexity index is 2020. The lowest BCUT2D eigenvalue weighted by Crippen LogP contribution is -2.29. The van der Waals surface area contributed by atoms with E-state index in [2.05, 4.69) is 25.9 Å². The van der Waals surface area contributed by atoms with Crippen LogP contribution >= 0.6 is 0 Å². The molecule has 0 bridgehead atoms. The number of rotatable bonds is 14. The number of pyridine rings is 1. The summed E-state index contributed by atoms with van der Waals surface area (Å²) in [4.78, 5) is 49.8. The van der Waals surface area contributed by atoms with Crippen LogP contribution in [0, 0.1) is 0 Å². The summed E-state index contributed by atoms with van der Waals surface area (Å²) in [5.74, 6) is -0.574. The van der Waals surface area contributed by atoms with Crippen molar-refractivity contribution in [1.82, 2.24) is 19.4 Å². The van der Waals surface area contributed by atoms with Crippen molar-refractivity contribution in [2.24, 2.45) is 24.8 Å². The van der Waals surface area contributed by atoms with Crippen molar-refractivity contribution in [3.05, 3.63) is 131 Å². The van der Waals surface area contributed by atoms with Gasteiger partial charge in [0.1, 0.15) is 11.4 Å². The second kappa shape index (κ2) is 16.8. The predicted molar refractivity (Wildman–Crippen MR) is 204 cm³/mol. The minimum Gasteiger partial charge on any atom is -0.387 e. The van der Waals surface area contributed by atoms with Crippen LogP contribution in [0.3, 0.4) is 0 Å². The van der Waals surface area contributed by atoms with Gasteiger partial charge in [0.2, 0.25) is 0 Å². The van der Waals surface area contributed by atoms with Crippen LogP contribution in [0.2, 0.25) is 0 Å². The zero-order chi connectivity index (χ0) is 36.3. The molecule has 5 aromatic rings. The highest BCUT2D eigenvalue weighted by molar-refractivity contribution is 6.07. The maximum absolute atomic E-state index is 13.2. The van der Waals surface area contributed by atoms with E-state index in [1.165, 1.54) is 11.8 Å². The van der Waals surface area contributed by atoms with Gasteiger partial charge in [-0.15, -0.1) is 0 Å². The van der Waals surface area contributed by atoms with Gasteiger partial charge in [0.05, 0.1) is 28.5 Å². The molecule has 5 rings (SSSR count). The highest BCUT2D eigenvalue weighted by Gasteiger charge is 2.17. The molecule has 0 atom stereocenters. The Balaban J connectivity index is 1.10. The molecule has 5 N–H and O–H groups in total. The van der Waals surface area contributed by atoms with Crippen LogP contribution in [0.15, 0.2) is 102 Å². The number of nitrogens with one attached hydrogen (secondary N) is 3. The minimum absolute atomic E-state index is 0.299. The number of carbonyl (C=O) groups is 3. The topological polar surface area (TPSA) is 152 Å². The fraction of sp³-hybridized carbons (Fsp3) is 0.205. The lowest BCUT2D eigenvalue weighted by atomic mass is 10.1. The molecule has 12 nitrogen and oxygen atoms in total. The molecule has 3 aromatic heterocycles. The molecular weight excluding hydrogens is 642 g/mol. The number of carbonyl (C=O) groups excluding carboxylic acids is 3. The summed E-state index contributed by atoms with van der Waals surface area (Å²) in [5, 5.41) is 8.51. The fourth-order valence-corrected chi connectivity index (χ4v) is 5.27. The molecule has 0 unspecified atom stereocenters. The smallest absolute Gasteiger partial charge is 0.272 e. The van der Waals surface area contributed by atoms with E-state index < -0.39 is 5.91 Å². The first-order chi connectivity index (χ1) is 24.5. The molecule has 0 radical (unpaired) electrons. The maximum atomic E-state index is 13.2. The molecule has 51 heavy (non-hydrogen) atoms. The largest absolute Gasteiger partial charge is 0.387 e. The summed E-state index contributed by atoms with van der Waals surface area (Å²) in [6, 6.07) is 24.9. The Morgan fingerprint density at radius 2 is 1.47 bits per heavy atom. The van der Waals surface area contributed by atoms with Crippen molar-refractivity contribution in [2.45, 2.75) is 12.8 Å². The molecule has 3 heterocycles. The quantitative estimate of drug-likeness (QED) is 0.0930. The van der Waals surface area contributed by atoms with Gasteiger partial charge in [-0.05, 0) is 60.0 Å². The van der Waals surface area contributed by atoms with E-state index in [9.17, 15) is 14.4 Å². The minimum atomic E-state index is -0.399. The first-order valence-electron chi connectivity index (χ1n) is 16.5. The maximum Gasteiger partial charge on any atom is 0.272 e. The van der Waals surface area contributed by atoms with Gasteiger partial charge in [-0.1, -0.05) is 48.5 Å². The van der Waals surface area contributed by atoms with Crippen molar-refractivity contribution in [2.75, 3.05) is 42.7 Å². The van der Waals surface area contributed by atoms with E-state index >= 15 is 0 Å². The molecule has 0 spiro atoms. The first kappa shape index (κ1) is 35.9. The van der Waals surface area contributed by atoms with E-state index in [0.29, 0.717) is 59.4 Å². The van der Waals surface area contributed by atoms with Crippen LogP contribution in [-0.4, -0.2) is 64.9 Å². The normalized spacial score (nSPS) is 11.4. The number of nitrogens with two attached hydrogens (primary N) is 1.